The summed E-state index contributed by atoms with van der Waals surface area (Å²) < 4.78 is 1.22. The zero-order chi connectivity index (χ0) is 10.7. The number of hydrogen-bond acceptors (Lipinski definition) is 2. The Morgan fingerprint density at radius 1 is 1.44 bits per heavy atom. The average Bonchev–Trinajstić information content (AvgIpc) is 2.24. The maximum absolute atomic E-state index is 3.60. The molecule has 1 saturated heterocycles. The second-order valence-corrected chi connectivity index (χ2v) is 4.97. The molecule has 0 saturated carbocycles. The molecule has 1 N–H and O–H groups in total. The highest BCUT2D eigenvalue weighted by Gasteiger charge is 2.18. The van der Waals surface area contributed by atoms with Crippen molar-refractivity contribution in [3.05, 3.63) is 34.3 Å². The molecule has 0 bridgehead atoms. The molecule has 0 aromatic heterocycles. The van der Waals surface area contributed by atoms with Gasteiger partial charge in [-0.05, 0) is 18.6 Å². The van der Waals surface area contributed by atoms with Crippen LogP contribution in [0.2, 0.25) is 0 Å². The fraction of sp³-hybridized carbons (Fsp3) is 0.500. The quantitative estimate of drug-likeness (QED) is 0.904. The Morgan fingerprint density at radius 3 is 2.88 bits per heavy atom. The molecule has 1 aromatic carbocycles. The van der Waals surface area contributed by atoms with Gasteiger partial charge in [0.15, 0.2) is 0 Å². The smallest absolute Gasteiger partial charge is 0.0248 e. The van der Waals surface area contributed by atoms with Gasteiger partial charge in [-0.15, -0.1) is 12.4 Å². The molecule has 1 aromatic rings. The van der Waals surface area contributed by atoms with Crippen LogP contribution in [0.25, 0.3) is 0 Å². The Labute approximate surface area is 112 Å². The standard InChI is InChI=1S/C12H17BrN2.ClH/c1-10-8-14-6-7-15(10)9-11-4-2-3-5-12(11)13;/h2-5,10,14H,6-9H2,1H3;1H. The summed E-state index contributed by atoms with van der Waals surface area (Å²) in [6, 6.07) is 9.11. The largest absolute Gasteiger partial charge is 0.314 e. The minimum atomic E-state index is 0. The van der Waals surface area contributed by atoms with Crippen molar-refractivity contribution < 1.29 is 0 Å². The van der Waals surface area contributed by atoms with E-state index < -0.39 is 0 Å². The lowest BCUT2D eigenvalue weighted by atomic mass is 10.1. The van der Waals surface area contributed by atoms with Gasteiger partial charge in [0.1, 0.15) is 0 Å². The molecule has 16 heavy (non-hydrogen) atoms. The SMILES string of the molecule is CC1CNCCN1Cc1ccccc1Br.Cl. The first-order valence-electron chi connectivity index (χ1n) is 5.45. The molecule has 1 heterocycles. The summed E-state index contributed by atoms with van der Waals surface area (Å²) >= 11 is 3.60. The lowest BCUT2D eigenvalue weighted by Gasteiger charge is -2.34. The fourth-order valence-corrected chi connectivity index (χ4v) is 2.37. The number of hydrogen-bond donors (Lipinski definition) is 1. The molecule has 2 nitrogen and oxygen atoms in total. The van der Waals surface area contributed by atoms with Crippen molar-refractivity contribution in [2.75, 3.05) is 19.6 Å². The van der Waals surface area contributed by atoms with Gasteiger partial charge in [-0.25, -0.2) is 0 Å². The van der Waals surface area contributed by atoms with Crippen LogP contribution in [-0.2, 0) is 6.54 Å². The Kier molecular flexibility index (Phi) is 5.76. The third kappa shape index (κ3) is 3.45. The maximum Gasteiger partial charge on any atom is 0.0248 e. The number of halogens is 2. The lowest BCUT2D eigenvalue weighted by molar-refractivity contribution is 0.165. The highest BCUT2D eigenvalue weighted by molar-refractivity contribution is 9.10. The Morgan fingerprint density at radius 2 is 2.19 bits per heavy atom. The van der Waals surface area contributed by atoms with E-state index in [1.807, 2.05) is 0 Å². The Hall–Kier alpha value is -0.0900. The van der Waals surface area contributed by atoms with Crippen LogP contribution in [0.5, 0.6) is 0 Å². The summed E-state index contributed by atoms with van der Waals surface area (Å²) in [5.41, 5.74) is 1.38. The van der Waals surface area contributed by atoms with Crippen molar-refractivity contribution in [2.24, 2.45) is 0 Å². The van der Waals surface area contributed by atoms with Gasteiger partial charge in [-0.2, -0.15) is 0 Å². The number of nitrogens with one attached hydrogen (secondary N) is 1. The van der Waals surface area contributed by atoms with Gasteiger partial charge in [0, 0.05) is 36.7 Å². The second kappa shape index (κ2) is 6.60. The number of rotatable bonds is 2. The first-order chi connectivity index (χ1) is 7.27. The van der Waals surface area contributed by atoms with Crippen LogP contribution in [0.3, 0.4) is 0 Å². The molecule has 4 heteroatoms. The molecule has 1 aliphatic heterocycles. The normalized spacial score (nSPS) is 21.5. The summed E-state index contributed by atoms with van der Waals surface area (Å²) in [6.07, 6.45) is 0. The van der Waals surface area contributed by atoms with E-state index in [2.05, 4.69) is 57.3 Å². The third-order valence-corrected chi connectivity index (χ3v) is 3.74. The summed E-state index contributed by atoms with van der Waals surface area (Å²) in [7, 11) is 0. The van der Waals surface area contributed by atoms with Crippen molar-refractivity contribution in [3.63, 3.8) is 0 Å². The molecular formula is C12H18BrClN2. The fourth-order valence-electron chi connectivity index (χ4n) is 1.96. The van der Waals surface area contributed by atoms with Gasteiger partial charge in [0.2, 0.25) is 0 Å². The molecule has 2 rings (SSSR count). The molecule has 0 radical (unpaired) electrons. The van der Waals surface area contributed by atoms with Gasteiger partial charge < -0.3 is 5.32 Å². The van der Waals surface area contributed by atoms with Gasteiger partial charge >= 0.3 is 0 Å². The molecule has 0 amide bonds. The van der Waals surface area contributed by atoms with Crippen molar-refractivity contribution >= 4 is 28.3 Å². The van der Waals surface area contributed by atoms with Crippen LogP contribution in [0, 0.1) is 0 Å². The highest BCUT2D eigenvalue weighted by Crippen LogP contribution is 2.19. The van der Waals surface area contributed by atoms with Gasteiger partial charge in [-0.3, -0.25) is 4.90 Å². The molecule has 90 valence electrons. The Bertz CT molecular complexity index is 333. The van der Waals surface area contributed by atoms with Crippen LogP contribution < -0.4 is 5.32 Å². The predicted molar refractivity (Wildman–Crippen MR) is 74.1 cm³/mol. The van der Waals surface area contributed by atoms with Crippen molar-refractivity contribution in [2.45, 2.75) is 19.5 Å². The monoisotopic (exact) mass is 304 g/mol. The second-order valence-electron chi connectivity index (χ2n) is 4.12. The van der Waals surface area contributed by atoms with Crippen molar-refractivity contribution in [1.82, 2.24) is 10.2 Å². The van der Waals surface area contributed by atoms with E-state index in [9.17, 15) is 0 Å². The average molecular weight is 306 g/mol. The van der Waals surface area contributed by atoms with E-state index >= 15 is 0 Å². The molecule has 1 aliphatic rings. The van der Waals surface area contributed by atoms with Crippen molar-refractivity contribution in [3.8, 4) is 0 Å². The highest BCUT2D eigenvalue weighted by atomic mass is 79.9. The minimum absolute atomic E-state index is 0. The number of nitrogens with zero attached hydrogens (tertiary/aromatic N) is 1. The van der Waals surface area contributed by atoms with E-state index in [1.54, 1.807) is 0 Å². The van der Waals surface area contributed by atoms with Crippen LogP contribution >= 0.6 is 28.3 Å². The van der Waals surface area contributed by atoms with E-state index in [0.29, 0.717) is 6.04 Å². The lowest BCUT2D eigenvalue weighted by Crippen LogP contribution is -2.49. The van der Waals surface area contributed by atoms with Crippen LogP contribution in [-0.4, -0.2) is 30.6 Å². The molecule has 1 fully saturated rings. The van der Waals surface area contributed by atoms with E-state index in [-0.39, 0.29) is 12.4 Å². The zero-order valence-electron chi connectivity index (χ0n) is 9.45. The summed E-state index contributed by atoms with van der Waals surface area (Å²) in [5.74, 6) is 0. The molecule has 0 spiro atoms. The zero-order valence-corrected chi connectivity index (χ0v) is 11.9. The number of benzene rings is 1. The van der Waals surface area contributed by atoms with E-state index in [0.717, 1.165) is 26.2 Å². The third-order valence-electron chi connectivity index (χ3n) is 2.97. The number of piperazine rings is 1. The summed E-state index contributed by atoms with van der Waals surface area (Å²) in [6.45, 7) is 6.68. The maximum atomic E-state index is 3.60. The van der Waals surface area contributed by atoms with Crippen LogP contribution in [0.15, 0.2) is 28.7 Å². The topological polar surface area (TPSA) is 15.3 Å². The first-order valence-corrected chi connectivity index (χ1v) is 6.25. The molecule has 1 atom stereocenters. The van der Waals surface area contributed by atoms with Crippen LogP contribution in [0.1, 0.15) is 12.5 Å². The summed E-state index contributed by atoms with van der Waals surface area (Å²) in [5, 5.41) is 3.41. The molecule has 0 aliphatic carbocycles. The first kappa shape index (κ1) is 14.0. The summed E-state index contributed by atoms with van der Waals surface area (Å²) in [4.78, 5) is 2.52. The van der Waals surface area contributed by atoms with Gasteiger partial charge in [-0.1, -0.05) is 34.1 Å². The van der Waals surface area contributed by atoms with E-state index in [1.165, 1.54) is 10.0 Å². The minimum Gasteiger partial charge on any atom is -0.314 e. The molecular weight excluding hydrogens is 288 g/mol. The predicted octanol–water partition coefficient (Wildman–Crippen LogP) is 2.66. The molecule has 1 unspecified atom stereocenters. The van der Waals surface area contributed by atoms with Crippen LogP contribution in [0.4, 0.5) is 0 Å². The van der Waals surface area contributed by atoms with Crippen molar-refractivity contribution in [1.29, 1.82) is 0 Å². The van der Waals surface area contributed by atoms with Gasteiger partial charge in [0.05, 0.1) is 0 Å². The Balaban J connectivity index is 0.00000128. The van der Waals surface area contributed by atoms with E-state index in [4.69, 9.17) is 0 Å². The van der Waals surface area contributed by atoms with Gasteiger partial charge in [0.25, 0.3) is 0 Å².